The fourth-order valence-electron chi connectivity index (χ4n) is 2.19. The number of anilines is 1. The molecule has 2 rings (SSSR count). The molecular formula is C14H20N4O2S. The first-order chi connectivity index (χ1) is 9.81. The summed E-state index contributed by atoms with van der Waals surface area (Å²) in [5.41, 5.74) is 3.85. The van der Waals surface area contributed by atoms with Crippen molar-refractivity contribution in [2.45, 2.75) is 31.7 Å². The molecule has 2 aromatic rings. The van der Waals surface area contributed by atoms with E-state index in [0.29, 0.717) is 6.54 Å². The first-order valence-electron chi connectivity index (χ1n) is 6.70. The van der Waals surface area contributed by atoms with Gasteiger partial charge in [0.2, 0.25) is 10.0 Å². The molecule has 3 N–H and O–H groups in total. The van der Waals surface area contributed by atoms with Gasteiger partial charge in [0.1, 0.15) is 0 Å². The van der Waals surface area contributed by atoms with Gasteiger partial charge in [0.05, 0.1) is 10.6 Å². The maximum Gasteiger partial charge on any atom is 0.238 e. The molecule has 1 heterocycles. The van der Waals surface area contributed by atoms with Crippen LogP contribution in [0, 0.1) is 6.92 Å². The lowest BCUT2D eigenvalue weighted by atomic mass is 10.1. The number of rotatable bonds is 5. The lowest BCUT2D eigenvalue weighted by molar-refractivity contribution is 0.598. The van der Waals surface area contributed by atoms with Gasteiger partial charge in [-0.15, -0.1) is 0 Å². The zero-order valence-corrected chi connectivity index (χ0v) is 13.2. The third kappa shape index (κ3) is 3.62. The fourth-order valence-corrected chi connectivity index (χ4v) is 2.73. The van der Waals surface area contributed by atoms with Crippen LogP contribution in [0.1, 0.15) is 23.7 Å². The molecule has 0 unspecified atom stereocenters. The summed E-state index contributed by atoms with van der Waals surface area (Å²) in [5.74, 6) is 0. The molecule has 0 radical (unpaired) electrons. The maximum absolute atomic E-state index is 11.4. The minimum atomic E-state index is -3.69. The number of nitrogens with two attached hydrogens (primary N) is 1. The van der Waals surface area contributed by atoms with Crippen LogP contribution >= 0.6 is 0 Å². The first kappa shape index (κ1) is 15.5. The Hall–Kier alpha value is -1.86. The summed E-state index contributed by atoms with van der Waals surface area (Å²) in [6.07, 6.45) is 2.82. The molecule has 7 heteroatoms. The maximum atomic E-state index is 11.4. The van der Waals surface area contributed by atoms with Crippen molar-refractivity contribution in [2.24, 2.45) is 12.2 Å². The van der Waals surface area contributed by atoms with Crippen LogP contribution in [0.4, 0.5) is 5.69 Å². The second kappa shape index (κ2) is 5.87. The van der Waals surface area contributed by atoms with Crippen LogP contribution in [0.15, 0.2) is 29.3 Å². The van der Waals surface area contributed by atoms with Crippen molar-refractivity contribution in [3.8, 4) is 0 Å². The standard InChI is InChI=1S/C14H20N4O2S/c1-4-13-11(9-18(3)17-13)8-16-14-7-12(21(15,19)20)6-5-10(14)2/h5-7,9,16H,4,8H2,1-3H3,(H2,15,19,20). The molecule has 0 amide bonds. The second-order valence-electron chi connectivity index (χ2n) is 5.00. The summed E-state index contributed by atoms with van der Waals surface area (Å²) < 4.78 is 24.6. The highest BCUT2D eigenvalue weighted by Gasteiger charge is 2.11. The summed E-state index contributed by atoms with van der Waals surface area (Å²) in [5, 5.41) is 12.8. The van der Waals surface area contributed by atoms with Gasteiger partial charge < -0.3 is 5.32 Å². The second-order valence-corrected chi connectivity index (χ2v) is 6.56. The minimum absolute atomic E-state index is 0.109. The van der Waals surface area contributed by atoms with E-state index in [2.05, 4.69) is 17.3 Å². The smallest absolute Gasteiger partial charge is 0.238 e. The molecule has 6 nitrogen and oxygen atoms in total. The van der Waals surface area contributed by atoms with E-state index in [9.17, 15) is 8.42 Å². The molecule has 0 atom stereocenters. The Kier molecular flexibility index (Phi) is 4.34. The minimum Gasteiger partial charge on any atom is -0.381 e. The van der Waals surface area contributed by atoms with E-state index in [1.807, 2.05) is 20.2 Å². The lowest BCUT2D eigenvalue weighted by Crippen LogP contribution is -2.13. The molecule has 1 aromatic heterocycles. The number of aromatic nitrogens is 2. The van der Waals surface area contributed by atoms with Crippen molar-refractivity contribution in [2.75, 3.05) is 5.32 Å². The van der Waals surface area contributed by atoms with Gasteiger partial charge in [0.15, 0.2) is 0 Å². The van der Waals surface area contributed by atoms with Crippen molar-refractivity contribution in [3.63, 3.8) is 0 Å². The third-order valence-electron chi connectivity index (χ3n) is 3.33. The molecule has 1 aromatic carbocycles. The summed E-state index contributed by atoms with van der Waals surface area (Å²) in [6, 6.07) is 4.82. The van der Waals surface area contributed by atoms with E-state index < -0.39 is 10.0 Å². The van der Waals surface area contributed by atoms with Crippen LogP contribution in [0.25, 0.3) is 0 Å². The van der Waals surface area contributed by atoms with Gasteiger partial charge in [-0.2, -0.15) is 5.10 Å². The quantitative estimate of drug-likeness (QED) is 0.877. The number of hydrogen-bond donors (Lipinski definition) is 2. The third-order valence-corrected chi connectivity index (χ3v) is 4.24. The van der Waals surface area contributed by atoms with Crippen LogP contribution in [-0.2, 0) is 30.0 Å². The van der Waals surface area contributed by atoms with E-state index in [0.717, 1.165) is 28.9 Å². The number of hydrogen-bond acceptors (Lipinski definition) is 4. The highest BCUT2D eigenvalue weighted by Crippen LogP contribution is 2.20. The molecular weight excluding hydrogens is 288 g/mol. The Morgan fingerprint density at radius 3 is 2.71 bits per heavy atom. The van der Waals surface area contributed by atoms with Crippen LogP contribution in [0.5, 0.6) is 0 Å². The zero-order chi connectivity index (χ0) is 15.6. The molecule has 114 valence electrons. The topological polar surface area (TPSA) is 90.0 Å². The Morgan fingerprint density at radius 2 is 2.10 bits per heavy atom. The van der Waals surface area contributed by atoms with Crippen molar-refractivity contribution < 1.29 is 8.42 Å². The number of nitrogens with one attached hydrogen (secondary N) is 1. The number of nitrogens with zero attached hydrogens (tertiary/aromatic N) is 2. The molecule has 0 fully saturated rings. The normalized spacial score (nSPS) is 11.6. The van der Waals surface area contributed by atoms with Crippen LogP contribution in [0.3, 0.4) is 0 Å². The van der Waals surface area contributed by atoms with Crippen molar-refractivity contribution in [1.82, 2.24) is 9.78 Å². The first-order valence-corrected chi connectivity index (χ1v) is 8.24. The average Bonchev–Trinajstić information content (AvgIpc) is 2.76. The SMILES string of the molecule is CCc1nn(C)cc1CNc1cc(S(N)(=O)=O)ccc1C. The number of aryl methyl sites for hydroxylation is 3. The molecule has 0 aliphatic carbocycles. The summed E-state index contributed by atoms with van der Waals surface area (Å²) in [7, 11) is -1.81. The van der Waals surface area contributed by atoms with Gasteiger partial charge in [-0.25, -0.2) is 13.6 Å². The summed E-state index contributed by atoms with van der Waals surface area (Å²) in [6.45, 7) is 4.56. The van der Waals surface area contributed by atoms with E-state index >= 15 is 0 Å². The zero-order valence-electron chi connectivity index (χ0n) is 12.4. The van der Waals surface area contributed by atoms with Crippen molar-refractivity contribution in [3.05, 3.63) is 41.2 Å². The molecule has 0 saturated carbocycles. The van der Waals surface area contributed by atoms with Crippen LogP contribution in [0.2, 0.25) is 0 Å². The molecule has 0 bridgehead atoms. The fraction of sp³-hybridized carbons (Fsp3) is 0.357. The molecule has 0 aliphatic heterocycles. The van der Waals surface area contributed by atoms with Gasteiger partial charge in [0.25, 0.3) is 0 Å². The lowest BCUT2D eigenvalue weighted by Gasteiger charge is -2.11. The van der Waals surface area contributed by atoms with Gasteiger partial charge in [-0.05, 0) is 31.0 Å². The predicted octanol–water partition coefficient (Wildman–Crippen LogP) is 1.55. The van der Waals surface area contributed by atoms with Crippen molar-refractivity contribution >= 4 is 15.7 Å². The monoisotopic (exact) mass is 308 g/mol. The Labute approximate surface area is 125 Å². The highest BCUT2D eigenvalue weighted by molar-refractivity contribution is 7.89. The van der Waals surface area contributed by atoms with E-state index in [1.165, 1.54) is 6.07 Å². The van der Waals surface area contributed by atoms with E-state index in [-0.39, 0.29) is 4.90 Å². The van der Waals surface area contributed by atoms with Crippen LogP contribution in [-0.4, -0.2) is 18.2 Å². The van der Waals surface area contributed by atoms with Gasteiger partial charge in [-0.1, -0.05) is 13.0 Å². The molecule has 0 saturated heterocycles. The van der Waals surface area contributed by atoms with Gasteiger partial charge in [0, 0.05) is 31.0 Å². The van der Waals surface area contributed by atoms with E-state index in [4.69, 9.17) is 5.14 Å². The number of primary sulfonamides is 1. The number of sulfonamides is 1. The highest BCUT2D eigenvalue weighted by atomic mass is 32.2. The van der Waals surface area contributed by atoms with Gasteiger partial charge in [-0.3, -0.25) is 4.68 Å². The Balaban J connectivity index is 2.23. The Bertz CT molecular complexity index is 750. The molecule has 0 aliphatic rings. The van der Waals surface area contributed by atoms with E-state index in [1.54, 1.807) is 16.8 Å². The molecule has 0 spiro atoms. The average molecular weight is 308 g/mol. The predicted molar refractivity (Wildman–Crippen MR) is 82.5 cm³/mol. The summed E-state index contributed by atoms with van der Waals surface area (Å²) in [4.78, 5) is 0.109. The number of benzene rings is 1. The van der Waals surface area contributed by atoms with Gasteiger partial charge >= 0.3 is 0 Å². The molecule has 21 heavy (non-hydrogen) atoms. The summed E-state index contributed by atoms with van der Waals surface area (Å²) >= 11 is 0. The van der Waals surface area contributed by atoms with Crippen molar-refractivity contribution in [1.29, 1.82) is 0 Å². The van der Waals surface area contributed by atoms with Crippen LogP contribution < -0.4 is 10.5 Å². The Morgan fingerprint density at radius 1 is 1.38 bits per heavy atom. The largest absolute Gasteiger partial charge is 0.381 e.